The summed E-state index contributed by atoms with van der Waals surface area (Å²) in [5, 5.41) is 2.98. The molecule has 1 N–H and O–H groups in total. The van der Waals surface area contributed by atoms with Crippen LogP contribution in [0.5, 0.6) is 11.5 Å². The van der Waals surface area contributed by atoms with E-state index in [4.69, 9.17) is 9.47 Å². The number of carbonyl (C=O) groups excluding carboxylic acids is 1. The molecule has 1 aliphatic rings. The Bertz CT molecular complexity index is 688. The number of carbonyl (C=O) groups is 1. The van der Waals surface area contributed by atoms with Crippen LogP contribution < -0.4 is 19.7 Å². The zero-order chi connectivity index (χ0) is 16.8. The standard InChI is InChI=1S/C19H22N2O3/c1-2-21(16-6-4-3-5-7-16)19(22)20-11-10-15-8-9-17-18(14-15)24-13-12-23-17/h3-9,14H,2,10-13H2,1H3,(H,20,22). The summed E-state index contributed by atoms with van der Waals surface area (Å²) in [4.78, 5) is 14.1. The van der Waals surface area contributed by atoms with Gasteiger partial charge in [0.05, 0.1) is 0 Å². The van der Waals surface area contributed by atoms with Crippen LogP contribution in [0, 0.1) is 0 Å². The number of nitrogens with zero attached hydrogens (tertiary/aromatic N) is 1. The van der Waals surface area contributed by atoms with Crippen molar-refractivity contribution in [2.75, 3.05) is 31.2 Å². The lowest BCUT2D eigenvalue weighted by atomic mass is 10.1. The van der Waals surface area contributed by atoms with Crippen molar-refractivity contribution >= 4 is 11.7 Å². The molecule has 1 aliphatic heterocycles. The molecule has 5 heteroatoms. The van der Waals surface area contributed by atoms with Crippen LogP contribution in [0.2, 0.25) is 0 Å². The van der Waals surface area contributed by atoms with Gasteiger partial charge in [-0.3, -0.25) is 4.90 Å². The first-order valence-electron chi connectivity index (χ1n) is 8.27. The van der Waals surface area contributed by atoms with Crippen molar-refractivity contribution in [1.29, 1.82) is 0 Å². The number of hydrogen-bond acceptors (Lipinski definition) is 3. The van der Waals surface area contributed by atoms with Gasteiger partial charge in [-0.25, -0.2) is 4.79 Å². The number of anilines is 1. The molecular formula is C19H22N2O3. The molecule has 2 aromatic rings. The Balaban J connectivity index is 1.55. The molecule has 126 valence electrons. The van der Waals surface area contributed by atoms with E-state index in [-0.39, 0.29) is 6.03 Å². The van der Waals surface area contributed by atoms with Crippen molar-refractivity contribution in [3.8, 4) is 11.5 Å². The molecule has 0 saturated heterocycles. The molecule has 1 heterocycles. The Morgan fingerprint density at radius 3 is 2.58 bits per heavy atom. The number of urea groups is 1. The SMILES string of the molecule is CCN(C(=O)NCCc1ccc2c(c1)OCCO2)c1ccccc1. The second kappa shape index (κ2) is 7.73. The molecule has 24 heavy (non-hydrogen) atoms. The maximum absolute atomic E-state index is 12.4. The van der Waals surface area contributed by atoms with Crippen LogP contribution >= 0.6 is 0 Å². The third-order valence-electron chi connectivity index (χ3n) is 3.93. The van der Waals surface area contributed by atoms with Gasteiger partial charge in [0.25, 0.3) is 0 Å². The summed E-state index contributed by atoms with van der Waals surface area (Å²) < 4.78 is 11.1. The summed E-state index contributed by atoms with van der Waals surface area (Å²) in [6, 6.07) is 15.5. The van der Waals surface area contributed by atoms with Gasteiger partial charge in [-0.2, -0.15) is 0 Å². The summed E-state index contributed by atoms with van der Waals surface area (Å²) in [5.41, 5.74) is 2.01. The number of para-hydroxylation sites is 1. The van der Waals surface area contributed by atoms with Crippen molar-refractivity contribution in [2.45, 2.75) is 13.3 Å². The molecule has 0 unspecified atom stereocenters. The largest absolute Gasteiger partial charge is 0.486 e. The molecule has 5 nitrogen and oxygen atoms in total. The lowest BCUT2D eigenvalue weighted by molar-refractivity contribution is 0.171. The van der Waals surface area contributed by atoms with Crippen LogP contribution in [0.15, 0.2) is 48.5 Å². The van der Waals surface area contributed by atoms with Crippen LogP contribution in [-0.2, 0) is 6.42 Å². The summed E-state index contributed by atoms with van der Waals surface area (Å²) >= 11 is 0. The van der Waals surface area contributed by atoms with Crippen molar-refractivity contribution in [2.24, 2.45) is 0 Å². The third-order valence-corrected chi connectivity index (χ3v) is 3.93. The molecule has 0 bridgehead atoms. The maximum atomic E-state index is 12.4. The highest BCUT2D eigenvalue weighted by Crippen LogP contribution is 2.30. The number of hydrogen-bond donors (Lipinski definition) is 1. The fourth-order valence-electron chi connectivity index (χ4n) is 2.70. The van der Waals surface area contributed by atoms with Crippen LogP contribution in [-0.4, -0.2) is 32.3 Å². The van der Waals surface area contributed by atoms with Gasteiger partial charge in [-0.15, -0.1) is 0 Å². The summed E-state index contributed by atoms with van der Waals surface area (Å²) in [6.45, 7) is 4.33. The monoisotopic (exact) mass is 326 g/mol. The second-order valence-electron chi connectivity index (χ2n) is 5.54. The molecule has 0 atom stereocenters. The predicted octanol–water partition coefficient (Wildman–Crippen LogP) is 3.24. The average molecular weight is 326 g/mol. The number of nitrogens with one attached hydrogen (secondary N) is 1. The zero-order valence-electron chi connectivity index (χ0n) is 13.8. The molecule has 0 radical (unpaired) electrons. The normalized spacial score (nSPS) is 12.5. The van der Waals surface area contributed by atoms with E-state index in [0.717, 1.165) is 29.2 Å². The van der Waals surface area contributed by atoms with Crippen LogP contribution in [0.1, 0.15) is 12.5 Å². The van der Waals surface area contributed by atoms with E-state index in [1.807, 2.05) is 55.5 Å². The summed E-state index contributed by atoms with van der Waals surface area (Å²) in [6.07, 6.45) is 0.745. The Hall–Kier alpha value is -2.69. The van der Waals surface area contributed by atoms with Gasteiger partial charge < -0.3 is 14.8 Å². The molecule has 0 aliphatic carbocycles. The lowest BCUT2D eigenvalue weighted by Crippen LogP contribution is -2.40. The summed E-state index contributed by atoms with van der Waals surface area (Å²) in [5.74, 6) is 1.57. The highest BCUT2D eigenvalue weighted by molar-refractivity contribution is 5.91. The minimum Gasteiger partial charge on any atom is -0.486 e. The fourth-order valence-corrected chi connectivity index (χ4v) is 2.70. The van der Waals surface area contributed by atoms with E-state index in [2.05, 4.69) is 5.32 Å². The average Bonchev–Trinajstić information content (AvgIpc) is 2.63. The molecular weight excluding hydrogens is 304 g/mol. The molecule has 0 aromatic heterocycles. The van der Waals surface area contributed by atoms with Gasteiger partial charge in [0.1, 0.15) is 13.2 Å². The van der Waals surface area contributed by atoms with Gasteiger partial charge in [-0.1, -0.05) is 24.3 Å². The van der Waals surface area contributed by atoms with Crippen molar-refractivity contribution in [3.63, 3.8) is 0 Å². The summed E-state index contributed by atoms with van der Waals surface area (Å²) in [7, 11) is 0. The predicted molar refractivity (Wildman–Crippen MR) is 94.0 cm³/mol. The van der Waals surface area contributed by atoms with E-state index in [1.165, 1.54) is 0 Å². The highest BCUT2D eigenvalue weighted by atomic mass is 16.6. The molecule has 0 fully saturated rings. The van der Waals surface area contributed by atoms with E-state index in [9.17, 15) is 4.79 Å². The molecule has 0 saturated carbocycles. The Kier molecular flexibility index (Phi) is 5.21. The number of ether oxygens (including phenoxy) is 2. The second-order valence-corrected chi connectivity index (χ2v) is 5.54. The van der Waals surface area contributed by atoms with E-state index < -0.39 is 0 Å². The minimum atomic E-state index is -0.0822. The van der Waals surface area contributed by atoms with Gasteiger partial charge >= 0.3 is 6.03 Å². The van der Waals surface area contributed by atoms with Crippen molar-refractivity contribution in [1.82, 2.24) is 5.32 Å². The Labute approximate surface area is 142 Å². The van der Waals surface area contributed by atoms with Gasteiger partial charge in [0, 0.05) is 18.8 Å². The first kappa shape index (κ1) is 16.2. The molecule has 0 spiro atoms. The number of amides is 2. The van der Waals surface area contributed by atoms with E-state index in [0.29, 0.717) is 26.3 Å². The van der Waals surface area contributed by atoms with E-state index >= 15 is 0 Å². The van der Waals surface area contributed by atoms with Gasteiger partial charge in [0.15, 0.2) is 11.5 Å². The zero-order valence-corrected chi connectivity index (χ0v) is 13.8. The van der Waals surface area contributed by atoms with E-state index in [1.54, 1.807) is 4.90 Å². The third kappa shape index (κ3) is 3.79. The minimum absolute atomic E-state index is 0.0822. The first-order valence-corrected chi connectivity index (χ1v) is 8.27. The maximum Gasteiger partial charge on any atom is 0.321 e. The van der Waals surface area contributed by atoms with Crippen molar-refractivity contribution in [3.05, 3.63) is 54.1 Å². The quantitative estimate of drug-likeness (QED) is 0.918. The molecule has 3 rings (SSSR count). The lowest BCUT2D eigenvalue weighted by Gasteiger charge is -2.22. The number of rotatable bonds is 5. The number of fused-ring (bicyclic) bond motifs is 1. The Morgan fingerprint density at radius 2 is 1.83 bits per heavy atom. The topological polar surface area (TPSA) is 50.8 Å². The first-order chi connectivity index (χ1) is 11.8. The van der Waals surface area contributed by atoms with Crippen LogP contribution in [0.25, 0.3) is 0 Å². The molecule has 2 amide bonds. The molecule has 2 aromatic carbocycles. The number of benzene rings is 2. The Morgan fingerprint density at radius 1 is 1.08 bits per heavy atom. The fraction of sp³-hybridized carbons (Fsp3) is 0.316. The smallest absolute Gasteiger partial charge is 0.321 e. The van der Waals surface area contributed by atoms with Crippen molar-refractivity contribution < 1.29 is 14.3 Å². The highest BCUT2D eigenvalue weighted by Gasteiger charge is 2.14. The van der Waals surface area contributed by atoms with Crippen LogP contribution in [0.3, 0.4) is 0 Å². The van der Waals surface area contributed by atoms with Gasteiger partial charge in [-0.05, 0) is 43.2 Å². The van der Waals surface area contributed by atoms with Crippen LogP contribution in [0.4, 0.5) is 10.5 Å². The van der Waals surface area contributed by atoms with Gasteiger partial charge in [0.2, 0.25) is 0 Å².